The zero-order chi connectivity index (χ0) is 18.0. The number of benzene rings is 1. The number of rotatable bonds is 6. The molecule has 1 fully saturated rings. The van der Waals surface area contributed by atoms with E-state index in [1.807, 2.05) is 24.3 Å². The number of nitrogens with one attached hydrogen (secondary N) is 1. The summed E-state index contributed by atoms with van der Waals surface area (Å²) in [4.78, 5) is 0. The predicted octanol–water partition coefficient (Wildman–Crippen LogP) is 1.31. The van der Waals surface area contributed by atoms with Gasteiger partial charge in [0.25, 0.3) is 0 Å². The van der Waals surface area contributed by atoms with Gasteiger partial charge in [0.2, 0.25) is 10.0 Å². The molecule has 0 unspecified atom stereocenters. The first kappa shape index (κ1) is 19.4. The number of hydrogen-bond acceptors (Lipinski definition) is 5. The van der Waals surface area contributed by atoms with Crippen LogP contribution in [0.3, 0.4) is 0 Å². The number of nitrogens with two attached hydrogens (primary N) is 1. The van der Waals surface area contributed by atoms with Gasteiger partial charge in [0, 0.05) is 12.6 Å². The Morgan fingerprint density at radius 1 is 1.12 bits per heavy atom. The highest BCUT2D eigenvalue weighted by atomic mass is 32.2. The molecule has 24 heavy (non-hydrogen) atoms. The Labute approximate surface area is 144 Å². The van der Waals surface area contributed by atoms with E-state index >= 15 is 0 Å². The smallest absolute Gasteiger partial charge is 0.214 e. The first-order valence-corrected chi connectivity index (χ1v) is 11.5. The highest BCUT2D eigenvalue weighted by molar-refractivity contribution is 7.92. The molecule has 2 rings (SSSR count). The van der Waals surface area contributed by atoms with Gasteiger partial charge in [-0.25, -0.2) is 21.6 Å². The lowest BCUT2D eigenvalue weighted by molar-refractivity contribution is 0.537. The molecule has 1 aromatic rings. The van der Waals surface area contributed by atoms with E-state index in [4.69, 9.17) is 5.73 Å². The van der Waals surface area contributed by atoms with Crippen molar-refractivity contribution in [1.82, 2.24) is 4.72 Å². The Kier molecular flexibility index (Phi) is 6.06. The third-order valence-electron chi connectivity index (χ3n) is 4.48. The van der Waals surface area contributed by atoms with Gasteiger partial charge in [-0.05, 0) is 29.9 Å². The van der Waals surface area contributed by atoms with Crippen molar-refractivity contribution in [3.8, 4) is 0 Å². The maximum absolute atomic E-state index is 12.3. The van der Waals surface area contributed by atoms with Crippen LogP contribution in [0.2, 0.25) is 0 Å². The fraction of sp³-hybridized carbons (Fsp3) is 0.625. The van der Waals surface area contributed by atoms with Crippen molar-refractivity contribution in [1.29, 1.82) is 0 Å². The molecule has 1 heterocycles. The minimum atomic E-state index is -3.55. The third kappa shape index (κ3) is 5.02. The third-order valence-corrected chi connectivity index (χ3v) is 8.11. The van der Waals surface area contributed by atoms with Crippen LogP contribution in [-0.2, 0) is 19.9 Å². The fourth-order valence-electron chi connectivity index (χ4n) is 2.75. The van der Waals surface area contributed by atoms with Gasteiger partial charge in [-0.3, -0.25) is 0 Å². The minimum absolute atomic E-state index is 0.0682. The molecule has 0 aliphatic carbocycles. The van der Waals surface area contributed by atoms with E-state index in [9.17, 15) is 16.8 Å². The van der Waals surface area contributed by atoms with Crippen LogP contribution in [0.5, 0.6) is 0 Å². The van der Waals surface area contributed by atoms with Crippen molar-refractivity contribution < 1.29 is 16.8 Å². The van der Waals surface area contributed by atoms with Crippen LogP contribution < -0.4 is 10.5 Å². The summed E-state index contributed by atoms with van der Waals surface area (Å²) in [6.07, 6.45) is 0.298. The maximum atomic E-state index is 12.3. The zero-order valence-electron chi connectivity index (χ0n) is 14.1. The molecule has 1 atom stereocenters. The first-order valence-electron chi connectivity index (χ1n) is 8.15. The molecule has 0 spiro atoms. The Hall–Kier alpha value is -0.960. The van der Waals surface area contributed by atoms with Crippen LogP contribution >= 0.6 is 0 Å². The fourth-order valence-corrected chi connectivity index (χ4v) is 6.04. The normalized spacial score (nSPS) is 20.2. The van der Waals surface area contributed by atoms with Crippen molar-refractivity contribution >= 4 is 19.9 Å². The highest BCUT2D eigenvalue weighted by Crippen LogP contribution is 2.20. The standard InChI is InChI=1S/C16H26N2O4S2/c1-12(2)13-3-5-14(6-4-13)16(17)11-18-24(21,22)15-7-9-23(19,20)10-8-15/h3-6,12,15-16,18H,7-11,17H2,1-2H3/t16-/m1/s1. The Bertz CT molecular complexity index is 742. The van der Waals surface area contributed by atoms with Crippen LogP contribution in [0, 0.1) is 0 Å². The molecular weight excluding hydrogens is 348 g/mol. The predicted molar refractivity (Wildman–Crippen MR) is 96.1 cm³/mol. The molecule has 0 bridgehead atoms. The molecule has 1 saturated heterocycles. The lowest BCUT2D eigenvalue weighted by Crippen LogP contribution is -2.42. The van der Waals surface area contributed by atoms with E-state index in [1.54, 1.807) is 0 Å². The summed E-state index contributed by atoms with van der Waals surface area (Å²) in [6.45, 7) is 4.31. The molecule has 0 amide bonds. The summed E-state index contributed by atoms with van der Waals surface area (Å²) in [5.41, 5.74) is 8.15. The van der Waals surface area contributed by atoms with Crippen LogP contribution in [0.4, 0.5) is 0 Å². The second-order valence-corrected chi connectivity index (χ2v) is 11.0. The summed E-state index contributed by atoms with van der Waals surface area (Å²) >= 11 is 0. The largest absolute Gasteiger partial charge is 0.323 e. The summed E-state index contributed by atoms with van der Waals surface area (Å²) < 4.78 is 50.0. The molecule has 1 aliphatic rings. The highest BCUT2D eigenvalue weighted by Gasteiger charge is 2.32. The van der Waals surface area contributed by atoms with E-state index in [0.29, 0.717) is 5.92 Å². The number of sulfone groups is 1. The number of hydrogen-bond donors (Lipinski definition) is 2. The monoisotopic (exact) mass is 374 g/mol. The van der Waals surface area contributed by atoms with E-state index in [1.165, 1.54) is 5.56 Å². The maximum Gasteiger partial charge on any atom is 0.214 e. The summed E-state index contributed by atoms with van der Waals surface area (Å²) in [5.74, 6) is 0.291. The van der Waals surface area contributed by atoms with Gasteiger partial charge in [-0.1, -0.05) is 38.1 Å². The number of sulfonamides is 1. The average Bonchev–Trinajstić information content (AvgIpc) is 2.52. The zero-order valence-corrected chi connectivity index (χ0v) is 15.7. The molecular formula is C16H26N2O4S2. The van der Waals surface area contributed by atoms with Crippen LogP contribution in [0.1, 0.15) is 49.8 Å². The van der Waals surface area contributed by atoms with E-state index in [-0.39, 0.29) is 30.9 Å². The van der Waals surface area contributed by atoms with E-state index in [0.717, 1.165) is 5.56 Å². The van der Waals surface area contributed by atoms with Crippen molar-refractivity contribution in [3.63, 3.8) is 0 Å². The lowest BCUT2D eigenvalue weighted by atomic mass is 9.99. The van der Waals surface area contributed by atoms with Gasteiger partial charge in [-0.15, -0.1) is 0 Å². The summed E-state index contributed by atoms with van der Waals surface area (Å²) in [6, 6.07) is 7.40. The van der Waals surface area contributed by atoms with Crippen molar-refractivity contribution in [3.05, 3.63) is 35.4 Å². The summed E-state index contributed by atoms with van der Waals surface area (Å²) in [7, 11) is -6.63. The van der Waals surface area contributed by atoms with Gasteiger partial charge in [-0.2, -0.15) is 0 Å². The second kappa shape index (κ2) is 7.51. The molecule has 6 nitrogen and oxygen atoms in total. The Balaban J connectivity index is 1.94. The van der Waals surface area contributed by atoms with Crippen LogP contribution in [-0.4, -0.2) is 40.1 Å². The summed E-state index contributed by atoms with van der Waals surface area (Å²) in [5, 5.41) is -0.656. The lowest BCUT2D eigenvalue weighted by Gasteiger charge is -2.23. The first-order chi connectivity index (χ1) is 11.1. The Morgan fingerprint density at radius 2 is 1.62 bits per heavy atom. The molecule has 1 aromatic carbocycles. The molecule has 8 heteroatoms. The van der Waals surface area contributed by atoms with Crippen LogP contribution in [0.15, 0.2) is 24.3 Å². The molecule has 1 aliphatic heterocycles. The molecule has 136 valence electrons. The van der Waals surface area contributed by atoms with Gasteiger partial charge < -0.3 is 5.73 Å². The van der Waals surface area contributed by atoms with Gasteiger partial charge >= 0.3 is 0 Å². The van der Waals surface area contributed by atoms with Gasteiger partial charge in [0.15, 0.2) is 0 Å². The molecule has 0 aromatic heterocycles. The van der Waals surface area contributed by atoms with E-state index in [2.05, 4.69) is 18.6 Å². The van der Waals surface area contributed by atoms with Crippen LogP contribution in [0.25, 0.3) is 0 Å². The molecule has 0 radical (unpaired) electrons. The van der Waals surface area contributed by atoms with E-state index < -0.39 is 31.2 Å². The average molecular weight is 375 g/mol. The van der Waals surface area contributed by atoms with Crippen molar-refractivity contribution in [2.75, 3.05) is 18.1 Å². The Morgan fingerprint density at radius 3 is 2.12 bits per heavy atom. The molecule has 3 N–H and O–H groups in total. The van der Waals surface area contributed by atoms with Gasteiger partial charge in [0.1, 0.15) is 9.84 Å². The molecule has 0 saturated carbocycles. The topological polar surface area (TPSA) is 106 Å². The quantitative estimate of drug-likeness (QED) is 0.781. The van der Waals surface area contributed by atoms with Crippen molar-refractivity contribution in [2.24, 2.45) is 5.73 Å². The van der Waals surface area contributed by atoms with Gasteiger partial charge in [0.05, 0.1) is 16.8 Å². The van der Waals surface area contributed by atoms with Crippen molar-refractivity contribution in [2.45, 2.75) is 43.9 Å². The minimum Gasteiger partial charge on any atom is -0.323 e. The second-order valence-electron chi connectivity index (χ2n) is 6.67. The SMILES string of the molecule is CC(C)c1ccc([C@H](N)CNS(=O)(=O)C2CCS(=O)(=O)CC2)cc1.